The molecule has 0 aromatic heterocycles. The molecule has 7 heteroatoms. The van der Waals surface area contributed by atoms with Crippen molar-refractivity contribution in [3.63, 3.8) is 0 Å². The summed E-state index contributed by atoms with van der Waals surface area (Å²) in [4.78, 5) is 16.2. The summed E-state index contributed by atoms with van der Waals surface area (Å²) < 4.78 is 18.5. The smallest absolute Gasteiger partial charge is 0.263 e. The zero-order valence-corrected chi connectivity index (χ0v) is 13.2. The number of halogens is 2. The summed E-state index contributed by atoms with van der Waals surface area (Å²) in [6.07, 6.45) is -0.688. The monoisotopic (exact) mass is 330 g/mol. The molecule has 0 aliphatic carbocycles. The summed E-state index contributed by atoms with van der Waals surface area (Å²) in [5, 5.41) is 9.06. The summed E-state index contributed by atoms with van der Waals surface area (Å²) in [6, 6.07) is 3.81. The lowest BCUT2D eigenvalue weighted by Gasteiger charge is -2.35. The molecular weight excluding hydrogens is 311 g/mol. The minimum atomic E-state index is -0.688. The maximum absolute atomic E-state index is 13.0. The number of β-amino-alcohol motifs (C(OH)–C–C–N with tert-alkyl or cyclic N) is 1. The van der Waals surface area contributed by atoms with Crippen molar-refractivity contribution in [2.24, 2.45) is 0 Å². The van der Waals surface area contributed by atoms with Crippen molar-refractivity contribution in [3.8, 4) is 5.75 Å². The van der Waals surface area contributed by atoms with Gasteiger partial charge in [0.1, 0.15) is 11.6 Å². The molecule has 0 spiro atoms. The molecule has 1 fully saturated rings. The molecule has 0 radical (unpaired) electrons. The van der Waals surface area contributed by atoms with Crippen LogP contribution in [0.3, 0.4) is 0 Å². The van der Waals surface area contributed by atoms with Crippen molar-refractivity contribution in [1.29, 1.82) is 0 Å². The maximum atomic E-state index is 13.0. The van der Waals surface area contributed by atoms with Crippen molar-refractivity contribution in [1.82, 2.24) is 9.80 Å². The average Bonchev–Trinajstić information content (AvgIpc) is 2.50. The number of carbonyl (C=O) groups excluding carboxylic acids is 1. The van der Waals surface area contributed by atoms with Crippen molar-refractivity contribution >= 4 is 17.5 Å². The third-order valence-corrected chi connectivity index (χ3v) is 3.94. The highest BCUT2D eigenvalue weighted by Gasteiger charge is 2.26. The SMILES string of the molecule is CC(Oc1ccc(F)cc1Cl)C(=O)N1CCN(CCO)CC1. The van der Waals surface area contributed by atoms with E-state index in [0.29, 0.717) is 25.4 Å². The summed E-state index contributed by atoms with van der Waals surface area (Å²) in [7, 11) is 0. The van der Waals surface area contributed by atoms with E-state index in [2.05, 4.69) is 4.90 Å². The van der Waals surface area contributed by atoms with Gasteiger partial charge in [-0.15, -0.1) is 0 Å². The second-order valence-electron chi connectivity index (χ2n) is 5.23. The van der Waals surface area contributed by atoms with Crippen LogP contribution in [-0.4, -0.2) is 66.2 Å². The highest BCUT2D eigenvalue weighted by molar-refractivity contribution is 6.32. The summed E-state index contributed by atoms with van der Waals surface area (Å²) in [6.45, 7) is 5.07. The maximum Gasteiger partial charge on any atom is 0.263 e. The van der Waals surface area contributed by atoms with Gasteiger partial charge in [0.05, 0.1) is 11.6 Å². The molecule has 1 heterocycles. The lowest BCUT2D eigenvalue weighted by atomic mass is 10.2. The van der Waals surface area contributed by atoms with Crippen molar-refractivity contribution < 1.29 is 19.0 Å². The van der Waals surface area contributed by atoms with Gasteiger partial charge in [-0.3, -0.25) is 9.69 Å². The Morgan fingerprint density at radius 1 is 1.41 bits per heavy atom. The molecule has 5 nitrogen and oxygen atoms in total. The number of piperazine rings is 1. The van der Waals surface area contributed by atoms with E-state index in [0.717, 1.165) is 19.2 Å². The van der Waals surface area contributed by atoms with Crippen LogP contribution in [0, 0.1) is 5.82 Å². The van der Waals surface area contributed by atoms with E-state index in [1.807, 2.05) is 0 Å². The zero-order chi connectivity index (χ0) is 16.1. The molecule has 1 N–H and O–H groups in total. The van der Waals surface area contributed by atoms with Gasteiger partial charge in [-0.25, -0.2) is 4.39 Å². The van der Waals surface area contributed by atoms with Crippen LogP contribution in [0.15, 0.2) is 18.2 Å². The van der Waals surface area contributed by atoms with Crippen molar-refractivity contribution in [3.05, 3.63) is 29.0 Å². The molecule has 1 aliphatic rings. The molecule has 1 aliphatic heterocycles. The molecule has 22 heavy (non-hydrogen) atoms. The van der Waals surface area contributed by atoms with Gasteiger partial charge < -0.3 is 14.7 Å². The predicted molar refractivity (Wildman–Crippen MR) is 81.6 cm³/mol. The summed E-state index contributed by atoms with van der Waals surface area (Å²) >= 11 is 5.90. The van der Waals surface area contributed by atoms with E-state index < -0.39 is 11.9 Å². The molecule has 1 amide bonds. The van der Waals surface area contributed by atoms with Crippen LogP contribution in [0.2, 0.25) is 5.02 Å². The van der Waals surface area contributed by atoms with Gasteiger partial charge in [0.2, 0.25) is 0 Å². The Kier molecular flexibility index (Phi) is 5.99. The lowest BCUT2D eigenvalue weighted by molar-refractivity contribution is -0.139. The van der Waals surface area contributed by atoms with Crippen LogP contribution in [0.25, 0.3) is 0 Å². The quantitative estimate of drug-likeness (QED) is 0.886. The molecule has 1 unspecified atom stereocenters. The van der Waals surface area contributed by atoms with Crippen LogP contribution in [0.1, 0.15) is 6.92 Å². The zero-order valence-electron chi connectivity index (χ0n) is 12.5. The highest BCUT2D eigenvalue weighted by atomic mass is 35.5. The van der Waals surface area contributed by atoms with Gasteiger partial charge in [-0.05, 0) is 25.1 Å². The number of carbonyl (C=O) groups is 1. The molecule has 1 saturated heterocycles. The fraction of sp³-hybridized carbons (Fsp3) is 0.533. The van der Waals surface area contributed by atoms with E-state index in [1.165, 1.54) is 12.1 Å². The van der Waals surface area contributed by atoms with Crippen LogP contribution in [-0.2, 0) is 4.79 Å². The average molecular weight is 331 g/mol. The second-order valence-corrected chi connectivity index (χ2v) is 5.63. The molecule has 1 atom stereocenters. The van der Waals surface area contributed by atoms with Gasteiger partial charge in [-0.2, -0.15) is 0 Å². The lowest BCUT2D eigenvalue weighted by Crippen LogP contribution is -2.52. The Labute approximate surface area is 134 Å². The van der Waals surface area contributed by atoms with Crippen molar-refractivity contribution in [2.75, 3.05) is 39.3 Å². The van der Waals surface area contributed by atoms with Gasteiger partial charge >= 0.3 is 0 Å². The first-order valence-corrected chi connectivity index (χ1v) is 7.62. The number of nitrogens with zero attached hydrogens (tertiary/aromatic N) is 2. The molecular formula is C15H20ClFN2O3. The summed E-state index contributed by atoms with van der Waals surface area (Å²) in [5.41, 5.74) is 0. The highest BCUT2D eigenvalue weighted by Crippen LogP contribution is 2.26. The van der Waals surface area contributed by atoms with Gasteiger partial charge in [0, 0.05) is 32.7 Å². The van der Waals surface area contributed by atoms with Gasteiger partial charge in [0.25, 0.3) is 5.91 Å². The first-order chi connectivity index (χ1) is 10.5. The number of benzene rings is 1. The standard InChI is InChI=1S/C15H20ClFN2O3/c1-11(22-14-3-2-12(17)10-13(14)16)15(21)19-6-4-18(5-7-19)8-9-20/h2-3,10-11,20H,4-9H2,1H3. The first kappa shape index (κ1) is 17.0. The molecule has 1 aromatic rings. The Morgan fingerprint density at radius 3 is 2.68 bits per heavy atom. The Bertz CT molecular complexity index is 522. The topological polar surface area (TPSA) is 53.0 Å². The number of amides is 1. The van der Waals surface area contributed by atoms with E-state index in [-0.39, 0.29) is 17.5 Å². The number of ether oxygens (including phenoxy) is 1. The Balaban J connectivity index is 1.90. The largest absolute Gasteiger partial charge is 0.479 e. The third kappa shape index (κ3) is 4.32. The molecule has 1 aromatic carbocycles. The van der Waals surface area contributed by atoms with E-state index in [9.17, 15) is 9.18 Å². The Morgan fingerprint density at radius 2 is 2.09 bits per heavy atom. The van der Waals surface area contributed by atoms with Crippen molar-refractivity contribution in [2.45, 2.75) is 13.0 Å². The molecule has 0 saturated carbocycles. The first-order valence-electron chi connectivity index (χ1n) is 7.25. The van der Waals surface area contributed by atoms with E-state index in [4.69, 9.17) is 21.4 Å². The minimum absolute atomic E-state index is 0.121. The van der Waals surface area contributed by atoms with Crippen LogP contribution in [0.5, 0.6) is 5.75 Å². The number of hydrogen-bond acceptors (Lipinski definition) is 4. The van der Waals surface area contributed by atoms with E-state index in [1.54, 1.807) is 11.8 Å². The number of rotatable bonds is 5. The van der Waals surface area contributed by atoms with Crippen LogP contribution < -0.4 is 4.74 Å². The predicted octanol–water partition coefficient (Wildman–Crippen LogP) is 1.38. The minimum Gasteiger partial charge on any atom is -0.479 e. The third-order valence-electron chi connectivity index (χ3n) is 3.65. The number of aliphatic hydroxyl groups excluding tert-OH is 1. The molecule has 2 rings (SSSR count). The fourth-order valence-corrected chi connectivity index (χ4v) is 2.61. The van der Waals surface area contributed by atoms with Gasteiger partial charge in [0.15, 0.2) is 6.10 Å². The van der Waals surface area contributed by atoms with Crippen LogP contribution >= 0.6 is 11.6 Å². The number of aliphatic hydroxyl groups is 1. The normalized spacial score (nSPS) is 17.4. The van der Waals surface area contributed by atoms with Crippen LogP contribution in [0.4, 0.5) is 4.39 Å². The second kappa shape index (κ2) is 7.76. The van der Waals surface area contributed by atoms with E-state index >= 15 is 0 Å². The molecule has 0 bridgehead atoms. The number of hydrogen-bond donors (Lipinski definition) is 1. The molecule has 122 valence electrons. The summed E-state index contributed by atoms with van der Waals surface area (Å²) in [5.74, 6) is -0.275. The Hall–Kier alpha value is -1.37. The van der Waals surface area contributed by atoms with Gasteiger partial charge in [-0.1, -0.05) is 11.6 Å². The fourth-order valence-electron chi connectivity index (χ4n) is 2.40.